The molecule has 1 aliphatic heterocycles. The summed E-state index contributed by atoms with van der Waals surface area (Å²) in [4.78, 5) is 16.3. The number of anilines is 1. The van der Waals surface area contributed by atoms with E-state index < -0.39 is 28.5 Å². The minimum Gasteiger partial charge on any atom is -0.609 e. The Hall–Kier alpha value is -1.92. The van der Waals surface area contributed by atoms with Gasteiger partial charge >= 0.3 is 11.3 Å². The van der Waals surface area contributed by atoms with E-state index in [0.717, 1.165) is 19.0 Å². The maximum atomic E-state index is 13.3. The summed E-state index contributed by atoms with van der Waals surface area (Å²) in [6.07, 6.45) is -2.27. The Bertz CT molecular complexity index is 844. The second-order valence-corrected chi connectivity index (χ2v) is 10.1. The third kappa shape index (κ3) is 6.30. The molecule has 172 valence electrons. The van der Waals surface area contributed by atoms with Gasteiger partial charge in [0.1, 0.15) is 29.4 Å². The number of rotatable bonds is 6. The normalized spacial score (nSPS) is 17.2. The Labute approximate surface area is 183 Å². The van der Waals surface area contributed by atoms with Crippen molar-refractivity contribution in [1.29, 1.82) is 0 Å². The molecule has 0 N–H and O–H groups in total. The van der Waals surface area contributed by atoms with Crippen LogP contribution in [-0.4, -0.2) is 72.7 Å². The zero-order valence-electron chi connectivity index (χ0n) is 18.2. The first-order valence-corrected chi connectivity index (χ1v) is 11.4. The first kappa shape index (κ1) is 23.7. The van der Waals surface area contributed by atoms with Crippen LogP contribution < -0.4 is 4.90 Å². The average Bonchev–Trinajstić information content (AvgIpc) is 3.13. The molecule has 0 saturated carbocycles. The molecule has 2 aromatic heterocycles. The lowest BCUT2D eigenvalue weighted by Gasteiger charge is -2.36. The summed E-state index contributed by atoms with van der Waals surface area (Å²) >= 11 is -1.23. The van der Waals surface area contributed by atoms with Gasteiger partial charge in [-0.05, 0) is 0 Å². The molecule has 0 aliphatic carbocycles. The summed E-state index contributed by atoms with van der Waals surface area (Å²) < 4.78 is 53.8. The van der Waals surface area contributed by atoms with Crippen LogP contribution in [0, 0.1) is 0 Å². The van der Waals surface area contributed by atoms with Gasteiger partial charge in [0.05, 0.1) is 0 Å². The lowest BCUT2D eigenvalue weighted by molar-refractivity contribution is -0.141. The molecule has 8 nitrogen and oxygen atoms in total. The molecule has 12 heteroatoms. The van der Waals surface area contributed by atoms with Crippen LogP contribution in [0.5, 0.6) is 0 Å². The second-order valence-electron chi connectivity index (χ2n) is 8.62. The van der Waals surface area contributed by atoms with Gasteiger partial charge in [0.15, 0.2) is 0 Å². The molecule has 0 amide bonds. The summed E-state index contributed by atoms with van der Waals surface area (Å²) in [7, 11) is 1.73. The van der Waals surface area contributed by atoms with Gasteiger partial charge in [-0.15, -0.1) is 5.10 Å². The molecule has 1 aliphatic rings. The Kier molecular flexibility index (Phi) is 7.11. The summed E-state index contributed by atoms with van der Waals surface area (Å²) in [6.45, 7) is 8.70. The molecular formula is C19H28F3N7OS. The van der Waals surface area contributed by atoms with E-state index in [0.29, 0.717) is 42.9 Å². The highest BCUT2D eigenvalue weighted by Gasteiger charge is 2.36. The number of hydrogen-bond acceptors (Lipinski definition) is 7. The Morgan fingerprint density at radius 1 is 1.10 bits per heavy atom. The fourth-order valence-electron chi connectivity index (χ4n) is 3.21. The van der Waals surface area contributed by atoms with E-state index in [1.165, 1.54) is 11.0 Å². The van der Waals surface area contributed by atoms with Crippen LogP contribution in [0.15, 0.2) is 17.6 Å². The topological polar surface area (TPSA) is 86.0 Å². The Morgan fingerprint density at radius 3 is 2.32 bits per heavy atom. The first-order chi connectivity index (χ1) is 14.4. The molecule has 1 saturated heterocycles. The smallest absolute Gasteiger partial charge is 0.433 e. The number of halogens is 3. The van der Waals surface area contributed by atoms with E-state index >= 15 is 0 Å². The SMILES string of the molecule is Cn1cnc([S+]([O-])CCCN2CCN(c3cc(C(F)(F)F)nc(C(C)(C)C)n3)CC2)n1. The van der Waals surface area contributed by atoms with Gasteiger partial charge in [0.25, 0.3) is 0 Å². The van der Waals surface area contributed by atoms with Crippen LogP contribution in [-0.2, 0) is 29.8 Å². The lowest BCUT2D eigenvalue weighted by atomic mass is 9.95. The van der Waals surface area contributed by atoms with Crippen molar-refractivity contribution in [2.45, 2.75) is 43.9 Å². The van der Waals surface area contributed by atoms with Gasteiger partial charge in [0, 0.05) is 68.8 Å². The average molecular weight is 460 g/mol. The van der Waals surface area contributed by atoms with Gasteiger partial charge in [0.2, 0.25) is 0 Å². The fraction of sp³-hybridized carbons (Fsp3) is 0.684. The zero-order valence-corrected chi connectivity index (χ0v) is 19.0. The van der Waals surface area contributed by atoms with E-state index in [-0.39, 0.29) is 5.82 Å². The third-order valence-corrected chi connectivity index (χ3v) is 6.21. The first-order valence-electron chi connectivity index (χ1n) is 10.1. The second kappa shape index (κ2) is 9.29. The number of nitrogens with zero attached hydrogens (tertiary/aromatic N) is 7. The highest BCUT2D eigenvalue weighted by atomic mass is 32.2. The van der Waals surface area contributed by atoms with Crippen LogP contribution in [0.1, 0.15) is 38.7 Å². The standard InChI is InChI=1S/C19H28F3N7OS/c1-18(2,3)16-24-14(19(20,21)22)12-15(25-16)29-9-7-28(8-10-29)6-5-11-31(30)17-23-13-27(4)26-17/h12-13H,5-11H2,1-4H3. The predicted octanol–water partition coefficient (Wildman–Crippen LogP) is 2.24. The van der Waals surface area contributed by atoms with Crippen molar-refractivity contribution in [2.24, 2.45) is 7.05 Å². The largest absolute Gasteiger partial charge is 0.609 e. The highest BCUT2D eigenvalue weighted by Crippen LogP contribution is 2.32. The minimum atomic E-state index is -4.52. The molecule has 31 heavy (non-hydrogen) atoms. The molecule has 1 fully saturated rings. The molecule has 2 aromatic rings. The Balaban J connectivity index is 1.56. The van der Waals surface area contributed by atoms with Crippen LogP contribution in [0.2, 0.25) is 0 Å². The Morgan fingerprint density at radius 2 is 1.77 bits per heavy atom. The number of piperazine rings is 1. The molecule has 0 aromatic carbocycles. The molecule has 0 spiro atoms. The maximum Gasteiger partial charge on any atom is 0.433 e. The van der Waals surface area contributed by atoms with Gasteiger partial charge in [-0.1, -0.05) is 20.8 Å². The molecule has 3 heterocycles. The third-order valence-electron chi connectivity index (χ3n) is 4.96. The van der Waals surface area contributed by atoms with Crippen molar-refractivity contribution in [2.75, 3.05) is 43.4 Å². The minimum absolute atomic E-state index is 0.186. The van der Waals surface area contributed by atoms with Crippen LogP contribution in [0.25, 0.3) is 0 Å². The number of hydrogen-bond donors (Lipinski definition) is 0. The van der Waals surface area contributed by atoms with Gasteiger partial charge in [-0.2, -0.15) is 18.2 Å². The van der Waals surface area contributed by atoms with Crippen molar-refractivity contribution in [3.63, 3.8) is 0 Å². The molecule has 3 rings (SSSR count). The van der Waals surface area contributed by atoms with E-state index in [1.807, 2.05) is 4.90 Å². The zero-order chi connectivity index (χ0) is 22.8. The van der Waals surface area contributed by atoms with E-state index in [1.54, 1.807) is 27.8 Å². The molecular weight excluding hydrogens is 431 g/mol. The molecule has 0 bridgehead atoms. The number of aryl methyl sites for hydroxylation is 1. The molecule has 1 atom stereocenters. The summed E-state index contributed by atoms with van der Waals surface area (Å²) in [5.74, 6) is 0.972. The maximum absolute atomic E-state index is 13.3. The summed E-state index contributed by atoms with van der Waals surface area (Å²) in [5, 5.41) is 4.40. The summed E-state index contributed by atoms with van der Waals surface area (Å²) in [6, 6.07) is 1.04. The van der Waals surface area contributed by atoms with E-state index in [9.17, 15) is 17.7 Å². The van der Waals surface area contributed by atoms with Crippen LogP contribution in [0.4, 0.5) is 19.0 Å². The summed E-state index contributed by atoms with van der Waals surface area (Å²) in [5.41, 5.74) is -1.49. The van der Waals surface area contributed by atoms with E-state index in [4.69, 9.17) is 0 Å². The van der Waals surface area contributed by atoms with Crippen LogP contribution in [0.3, 0.4) is 0 Å². The van der Waals surface area contributed by atoms with Crippen molar-refractivity contribution in [3.8, 4) is 0 Å². The van der Waals surface area contributed by atoms with Gasteiger partial charge < -0.3 is 9.45 Å². The fourth-order valence-corrected chi connectivity index (χ4v) is 4.17. The van der Waals surface area contributed by atoms with E-state index in [2.05, 4.69) is 25.0 Å². The highest BCUT2D eigenvalue weighted by molar-refractivity contribution is 7.91. The molecule has 0 radical (unpaired) electrons. The van der Waals surface area contributed by atoms with Gasteiger partial charge in [-0.25, -0.2) is 9.97 Å². The van der Waals surface area contributed by atoms with Crippen molar-refractivity contribution < 1.29 is 17.7 Å². The number of alkyl halides is 3. The molecule has 1 unspecified atom stereocenters. The quantitative estimate of drug-likeness (QED) is 0.613. The number of aromatic nitrogens is 5. The van der Waals surface area contributed by atoms with Crippen molar-refractivity contribution in [3.05, 3.63) is 23.9 Å². The van der Waals surface area contributed by atoms with Crippen molar-refractivity contribution in [1.82, 2.24) is 29.6 Å². The van der Waals surface area contributed by atoms with Crippen LogP contribution >= 0.6 is 0 Å². The lowest BCUT2D eigenvalue weighted by Crippen LogP contribution is -2.47. The van der Waals surface area contributed by atoms with Gasteiger partial charge in [-0.3, -0.25) is 9.58 Å². The monoisotopic (exact) mass is 459 g/mol. The van der Waals surface area contributed by atoms with Crippen molar-refractivity contribution >= 4 is 17.0 Å². The predicted molar refractivity (Wildman–Crippen MR) is 111 cm³/mol.